The van der Waals surface area contributed by atoms with Crippen LogP contribution in [0.2, 0.25) is 0 Å². The van der Waals surface area contributed by atoms with Crippen molar-refractivity contribution in [3.8, 4) is 0 Å². The Hall–Kier alpha value is -2.01. The maximum Gasteiger partial charge on any atom is 0.253 e. The molecule has 1 atom stereocenters. The van der Waals surface area contributed by atoms with Gasteiger partial charge in [0.1, 0.15) is 0 Å². The maximum atomic E-state index is 12.7. The summed E-state index contributed by atoms with van der Waals surface area (Å²) in [5.41, 5.74) is 2.26. The molecule has 1 amide bonds. The van der Waals surface area contributed by atoms with Crippen LogP contribution in [0.25, 0.3) is 11.0 Å². The van der Waals surface area contributed by atoms with Gasteiger partial charge in [-0.1, -0.05) is 0 Å². The van der Waals surface area contributed by atoms with Crippen LogP contribution >= 0.6 is 0 Å². The maximum absolute atomic E-state index is 12.7. The molecule has 0 saturated carbocycles. The van der Waals surface area contributed by atoms with Crippen molar-refractivity contribution in [1.82, 2.24) is 14.9 Å². The van der Waals surface area contributed by atoms with Crippen LogP contribution < -0.4 is 0 Å². The number of hydrogen-bond acceptors (Lipinski definition) is 4. The first-order valence-electron chi connectivity index (χ1n) is 7.85. The second-order valence-corrected chi connectivity index (χ2v) is 5.68. The fraction of sp³-hybridized carbons (Fsp3) is 0.471. The van der Waals surface area contributed by atoms with Gasteiger partial charge in [0.2, 0.25) is 0 Å². The summed E-state index contributed by atoms with van der Waals surface area (Å²) in [6, 6.07) is 5.53. The topological polar surface area (TPSA) is 55.3 Å². The molecule has 2 heterocycles. The molecule has 5 heteroatoms. The Labute approximate surface area is 130 Å². The van der Waals surface area contributed by atoms with Gasteiger partial charge in [-0.2, -0.15) is 0 Å². The van der Waals surface area contributed by atoms with E-state index < -0.39 is 0 Å². The number of amides is 1. The van der Waals surface area contributed by atoms with Crippen LogP contribution in [0.1, 0.15) is 30.1 Å². The average Bonchev–Trinajstić information content (AvgIpc) is 2.59. The lowest BCUT2D eigenvalue weighted by Gasteiger charge is -2.32. The Kier molecular flexibility index (Phi) is 4.63. The molecule has 0 aliphatic carbocycles. The first kappa shape index (κ1) is 14.9. The van der Waals surface area contributed by atoms with Crippen LogP contribution in [0.3, 0.4) is 0 Å². The Bertz CT molecular complexity index is 659. The second-order valence-electron chi connectivity index (χ2n) is 5.68. The van der Waals surface area contributed by atoms with Crippen molar-refractivity contribution < 1.29 is 9.53 Å². The van der Waals surface area contributed by atoms with Crippen LogP contribution in [0.15, 0.2) is 30.6 Å². The molecule has 2 aromatic rings. The summed E-state index contributed by atoms with van der Waals surface area (Å²) in [5, 5.41) is 0. The fourth-order valence-corrected chi connectivity index (χ4v) is 2.95. The molecule has 1 saturated heterocycles. The minimum absolute atomic E-state index is 0.0775. The lowest BCUT2D eigenvalue weighted by atomic mass is 9.98. The largest absolute Gasteiger partial charge is 0.381 e. The van der Waals surface area contributed by atoms with Crippen molar-refractivity contribution in [2.24, 2.45) is 5.92 Å². The number of fused-ring (bicyclic) bond motifs is 1. The van der Waals surface area contributed by atoms with Gasteiger partial charge in [-0.15, -0.1) is 0 Å². The average molecular weight is 299 g/mol. The highest BCUT2D eigenvalue weighted by molar-refractivity contribution is 5.97. The third kappa shape index (κ3) is 3.25. The van der Waals surface area contributed by atoms with Crippen LogP contribution in [0, 0.1) is 5.92 Å². The minimum Gasteiger partial charge on any atom is -0.381 e. The normalized spacial score (nSPS) is 18.6. The van der Waals surface area contributed by atoms with E-state index in [0.717, 1.165) is 50.2 Å². The van der Waals surface area contributed by atoms with Crippen LogP contribution in [-0.4, -0.2) is 47.1 Å². The standard InChI is InChI=1S/C17H21N3O2/c1-2-22-12-13-4-3-9-20(11-13)17(21)14-5-6-15-16(10-14)19-8-7-18-15/h5-8,10,13H,2-4,9,11-12H2,1H3. The van der Waals surface area contributed by atoms with Gasteiger partial charge in [0, 0.05) is 37.7 Å². The highest BCUT2D eigenvalue weighted by Crippen LogP contribution is 2.20. The Morgan fingerprint density at radius 1 is 1.32 bits per heavy atom. The molecule has 1 aliphatic heterocycles. The Balaban J connectivity index is 1.74. The molecule has 1 aliphatic rings. The van der Waals surface area contributed by atoms with E-state index in [-0.39, 0.29) is 5.91 Å². The van der Waals surface area contributed by atoms with Crippen molar-refractivity contribution in [1.29, 1.82) is 0 Å². The fourth-order valence-electron chi connectivity index (χ4n) is 2.95. The molecule has 1 aromatic carbocycles. The molecule has 5 nitrogen and oxygen atoms in total. The molecule has 1 unspecified atom stereocenters. The molecule has 22 heavy (non-hydrogen) atoms. The molecule has 1 aromatic heterocycles. The molecule has 116 valence electrons. The smallest absolute Gasteiger partial charge is 0.253 e. The van der Waals surface area contributed by atoms with E-state index in [2.05, 4.69) is 9.97 Å². The summed E-state index contributed by atoms with van der Waals surface area (Å²) in [6.45, 7) is 5.07. The number of likely N-dealkylation sites (tertiary alicyclic amines) is 1. The van der Waals surface area contributed by atoms with E-state index in [1.807, 2.05) is 30.0 Å². The van der Waals surface area contributed by atoms with Gasteiger partial charge in [-0.25, -0.2) is 0 Å². The summed E-state index contributed by atoms with van der Waals surface area (Å²) in [7, 11) is 0. The third-order valence-corrected chi connectivity index (χ3v) is 4.08. The van der Waals surface area contributed by atoms with Gasteiger partial charge in [-0.3, -0.25) is 14.8 Å². The van der Waals surface area contributed by atoms with Crippen molar-refractivity contribution in [3.05, 3.63) is 36.2 Å². The quantitative estimate of drug-likeness (QED) is 0.870. The number of aromatic nitrogens is 2. The zero-order valence-electron chi connectivity index (χ0n) is 12.9. The van der Waals surface area contributed by atoms with Gasteiger partial charge in [0.05, 0.1) is 17.6 Å². The molecular weight excluding hydrogens is 278 g/mol. The summed E-state index contributed by atoms with van der Waals surface area (Å²) >= 11 is 0. The summed E-state index contributed by atoms with van der Waals surface area (Å²) < 4.78 is 5.51. The molecule has 0 radical (unpaired) electrons. The number of ether oxygens (including phenoxy) is 1. The highest BCUT2D eigenvalue weighted by atomic mass is 16.5. The molecule has 1 fully saturated rings. The Morgan fingerprint density at radius 2 is 2.14 bits per heavy atom. The minimum atomic E-state index is 0.0775. The number of nitrogens with zero attached hydrogens (tertiary/aromatic N) is 3. The van der Waals surface area contributed by atoms with E-state index in [9.17, 15) is 4.79 Å². The lowest BCUT2D eigenvalue weighted by Crippen LogP contribution is -2.41. The van der Waals surface area contributed by atoms with Gasteiger partial charge in [-0.05, 0) is 43.9 Å². The van der Waals surface area contributed by atoms with E-state index >= 15 is 0 Å². The van der Waals surface area contributed by atoms with E-state index in [1.165, 1.54) is 0 Å². The van der Waals surface area contributed by atoms with Crippen molar-refractivity contribution in [2.45, 2.75) is 19.8 Å². The molecule has 3 rings (SSSR count). The molecular formula is C17H21N3O2. The second kappa shape index (κ2) is 6.83. The SMILES string of the molecule is CCOCC1CCCN(C(=O)c2ccc3nccnc3c2)C1. The van der Waals surface area contributed by atoms with Crippen molar-refractivity contribution >= 4 is 16.9 Å². The van der Waals surface area contributed by atoms with E-state index in [4.69, 9.17) is 4.74 Å². The zero-order valence-corrected chi connectivity index (χ0v) is 12.9. The van der Waals surface area contributed by atoms with Gasteiger partial charge < -0.3 is 9.64 Å². The predicted molar refractivity (Wildman–Crippen MR) is 84.7 cm³/mol. The van der Waals surface area contributed by atoms with Crippen LogP contribution in [0.4, 0.5) is 0 Å². The number of carbonyl (C=O) groups is 1. The van der Waals surface area contributed by atoms with Crippen LogP contribution in [-0.2, 0) is 4.74 Å². The van der Waals surface area contributed by atoms with E-state index in [0.29, 0.717) is 11.5 Å². The lowest BCUT2D eigenvalue weighted by molar-refractivity contribution is 0.0501. The summed E-state index contributed by atoms with van der Waals surface area (Å²) in [6.07, 6.45) is 5.48. The number of carbonyl (C=O) groups excluding carboxylic acids is 1. The molecule has 0 bridgehead atoms. The third-order valence-electron chi connectivity index (χ3n) is 4.08. The summed E-state index contributed by atoms with van der Waals surface area (Å²) in [4.78, 5) is 23.1. The van der Waals surface area contributed by atoms with Crippen molar-refractivity contribution in [3.63, 3.8) is 0 Å². The Morgan fingerprint density at radius 3 is 2.95 bits per heavy atom. The number of rotatable bonds is 4. The first-order valence-corrected chi connectivity index (χ1v) is 7.85. The van der Waals surface area contributed by atoms with Gasteiger partial charge in [0.25, 0.3) is 5.91 Å². The highest BCUT2D eigenvalue weighted by Gasteiger charge is 2.24. The zero-order chi connectivity index (χ0) is 15.4. The number of hydrogen-bond donors (Lipinski definition) is 0. The molecule has 0 N–H and O–H groups in total. The molecule has 0 spiro atoms. The van der Waals surface area contributed by atoms with Gasteiger partial charge >= 0.3 is 0 Å². The number of benzene rings is 1. The predicted octanol–water partition coefficient (Wildman–Crippen LogP) is 2.52. The van der Waals surface area contributed by atoms with E-state index in [1.54, 1.807) is 12.4 Å². The van der Waals surface area contributed by atoms with Gasteiger partial charge in [0.15, 0.2) is 0 Å². The number of piperidine rings is 1. The monoisotopic (exact) mass is 299 g/mol. The van der Waals surface area contributed by atoms with Crippen molar-refractivity contribution in [2.75, 3.05) is 26.3 Å². The van der Waals surface area contributed by atoms with Crippen LogP contribution in [0.5, 0.6) is 0 Å². The first-order chi connectivity index (χ1) is 10.8. The summed E-state index contributed by atoms with van der Waals surface area (Å²) in [5.74, 6) is 0.520.